The zero-order valence-corrected chi connectivity index (χ0v) is 21.0. The molecule has 0 aliphatic carbocycles. The van der Waals surface area contributed by atoms with Gasteiger partial charge in [-0.2, -0.15) is 0 Å². The van der Waals surface area contributed by atoms with Crippen LogP contribution in [0.1, 0.15) is 40.1 Å². The summed E-state index contributed by atoms with van der Waals surface area (Å²) in [5, 5.41) is 13.7. The molecule has 6 nitrogen and oxygen atoms in total. The van der Waals surface area contributed by atoms with Crippen molar-refractivity contribution in [3.63, 3.8) is 0 Å². The Labute approximate surface area is 210 Å². The average Bonchev–Trinajstić information content (AvgIpc) is 3.59. The van der Waals surface area contributed by atoms with E-state index in [0.717, 1.165) is 44.0 Å². The number of thiazole rings is 1. The molecule has 2 aliphatic heterocycles. The molecule has 2 aromatic carbocycles. The molecular weight excluding hydrogens is 480 g/mol. The zero-order chi connectivity index (χ0) is 24.4. The summed E-state index contributed by atoms with van der Waals surface area (Å²) in [6.07, 6.45) is 0.786. The molecule has 176 valence electrons. The number of amides is 1. The molecule has 2 aromatic heterocycles. The molecule has 8 heteroatoms. The van der Waals surface area contributed by atoms with E-state index in [1.165, 1.54) is 27.6 Å². The minimum Gasteiger partial charge on any atom is -0.507 e. The van der Waals surface area contributed by atoms with Crippen molar-refractivity contribution < 1.29 is 19.4 Å². The first kappa shape index (κ1) is 22.0. The Bertz CT molecular complexity index is 1550. The van der Waals surface area contributed by atoms with Gasteiger partial charge in [0.25, 0.3) is 5.78 Å². The lowest BCUT2D eigenvalue weighted by Gasteiger charge is -2.21. The van der Waals surface area contributed by atoms with E-state index in [9.17, 15) is 14.7 Å². The summed E-state index contributed by atoms with van der Waals surface area (Å²) in [6, 6.07) is 12.5. The number of rotatable bonds is 3. The van der Waals surface area contributed by atoms with Crippen LogP contribution in [0.4, 0.5) is 5.13 Å². The Morgan fingerprint density at radius 1 is 1.17 bits per heavy atom. The average molecular weight is 503 g/mol. The van der Waals surface area contributed by atoms with Gasteiger partial charge in [0.2, 0.25) is 0 Å². The van der Waals surface area contributed by atoms with E-state index in [2.05, 4.69) is 6.07 Å². The van der Waals surface area contributed by atoms with Crippen molar-refractivity contribution in [2.24, 2.45) is 0 Å². The van der Waals surface area contributed by atoms with Gasteiger partial charge >= 0.3 is 5.91 Å². The zero-order valence-electron chi connectivity index (χ0n) is 19.4. The summed E-state index contributed by atoms with van der Waals surface area (Å²) in [5.74, 6) is -0.793. The number of hydrogen-bond acceptors (Lipinski definition) is 7. The molecule has 35 heavy (non-hydrogen) atoms. The van der Waals surface area contributed by atoms with Gasteiger partial charge in [-0.05, 0) is 73.2 Å². The van der Waals surface area contributed by atoms with E-state index in [0.29, 0.717) is 10.7 Å². The quantitative estimate of drug-likeness (QED) is 0.214. The highest BCUT2D eigenvalue weighted by Crippen LogP contribution is 2.46. The maximum absolute atomic E-state index is 13.4. The van der Waals surface area contributed by atoms with Crippen LogP contribution in [0.3, 0.4) is 0 Å². The SMILES string of the molecule is Cc1cc(C)c2nc(N3C(=O)C(=O)C(=C(O)c4ccc5c(c4)C[C@@H](C)O5)[C@H]3c3cccs3)sc2c1. The van der Waals surface area contributed by atoms with Crippen LogP contribution in [0, 0.1) is 13.8 Å². The Morgan fingerprint density at radius 3 is 2.77 bits per heavy atom. The van der Waals surface area contributed by atoms with Crippen molar-refractivity contribution in [3.8, 4) is 5.75 Å². The molecule has 0 saturated carbocycles. The highest BCUT2D eigenvalue weighted by Gasteiger charge is 2.48. The van der Waals surface area contributed by atoms with Crippen LogP contribution in [0.2, 0.25) is 0 Å². The smallest absolute Gasteiger partial charge is 0.301 e. The van der Waals surface area contributed by atoms with Gasteiger partial charge in [-0.25, -0.2) is 4.98 Å². The van der Waals surface area contributed by atoms with Crippen LogP contribution in [-0.4, -0.2) is 27.9 Å². The molecular formula is C27H22N2O4S2. The number of anilines is 1. The third-order valence-corrected chi connectivity index (χ3v) is 8.38. The van der Waals surface area contributed by atoms with Crippen molar-refractivity contribution in [1.29, 1.82) is 0 Å². The second-order valence-electron chi connectivity index (χ2n) is 9.06. The largest absolute Gasteiger partial charge is 0.507 e. The predicted octanol–water partition coefficient (Wildman–Crippen LogP) is 5.92. The molecule has 0 spiro atoms. The number of nitrogens with zero attached hydrogens (tertiary/aromatic N) is 2. The van der Waals surface area contributed by atoms with Gasteiger partial charge in [0.15, 0.2) is 5.13 Å². The van der Waals surface area contributed by atoms with Crippen LogP contribution in [0.5, 0.6) is 5.75 Å². The monoisotopic (exact) mass is 502 g/mol. The van der Waals surface area contributed by atoms with Gasteiger partial charge in [0.1, 0.15) is 23.7 Å². The number of ether oxygens (including phenoxy) is 1. The van der Waals surface area contributed by atoms with Crippen molar-refractivity contribution in [1.82, 2.24) is 4.98 Å². The van der Waals surface area contributed by atoms with E-state index in [1.807, 2.05) is 56.5 Å². The van der Waals surface area contributed by atoms with Gasteiger partial charge in [0.05, 0.1) is 15.8 Å². The molecule has 2 atom stereocenters. The second-order valence-corrected chi connectivity index (χ2v) is 11.1. The number of aliphatic hydroxyl groups excluding tert-OH is 1. The van der Waals surface area contributed by atoms with Crippen LogP contribution < -0.4 is 9.64 Å². The molecule has 4 aromatic rings. The predicted molar refractivity (Wildman–Crippen MR) is 138 cm³/mol. The van der Waals surface area contributed by atoms with Crippen molar-refractivity contribution in [3.05, 3.63) is 80.5 Å². The summed E-state index contributed by atoms with van der Waals surface area (Å²) in [4.78, 5) is 33.8. The molecule has 2 aliphatic rings. The maximum atomic E-state index is 13.4. The minimum absolute atomic E-state index is 0.0604. The first-order chi connectivity index (χ1) is 16.8. The first-order valence-corrected chi connectivity index (χ1v) is 13.0. The topological polar surface area (TPSA) is 79.7 Å². The normalized spacial score (nSPS) is 21.1. The van der Waals surface area contributed by atoms with E-state index in [1.54, 1.807) is 6.07 Å². The number of benzene rings is 2. The Hall–Kier alpha value is -3.49. The lowest BCUT2D eigenvalue weighted by molar-refractivity contribution is -0.132. The molecule has 0 radical (unpaired) electrons. The van der Waals surface area contributed by atoms with E-state index >= 15 is 0 Å². The second kappa shape index (κ2) is 8.03. The van der Waals surface area contributed by atoms with Gasteiger partial charge in [-0.3, -0.25) is 14.5 Å². The standard InChI is InChI=1S/C27H22N2O4S2/c1-13-9-14(2)22-20(10-13)35-27(28-22)29-23(19-5-4-8-34-19)21(25(31)26(29)32)24(30)16-6-7-18-17(12-16)11-15(3)33-18/h4-10,12,15,23,30H,11H2,1-3H3/t15-,23-/m1/s1. The number of aromatic nitrogens is 1. The van der Waals surface area contributed by atoms with E-state index in [4.69, 9.17) is 9.72 Å². The number of ketones is 1. The summed E-state index contributed by atoms with van der Waals surface area (Å²) in [6.45, 7) is 6.00. The fourth-order valence-electron chi connectivity index (χ4n) is 4.93. The van der Waals surface area contributed by atoms with E-state index in [-0.39, 0.29) is 17.4 Å². The number of aryl methyl sites for hydroxylation is 2. The highest BCUT2D eigenvalue weighted by atomic mass is 32.1. The van der Waals surface area contributed by atoms with E-state index < -0.39 is 17.7 Å². The van der Waals surface area contributed by atoms with Gasteiger partial charge in [-0.15, -0.1) is 11.3 Å². The lowest BCUT2D eigenvalue weighted by atomic mass is 9.98. The number of carbonyl (C=O) groups excluding carboxylic acids is 2. The molecule has 0 bridgehead atoms. The minimum atomic E-state index is -0.750. The third-order valence-electron chi connectivity index (χ3n) is 6.45. The summed E-state index contributed by atoms with van der Waals surface area (Å²) in [7, 11) is 0. The third kappa shape index (κ3) is 3.47. The van der Waals surface area contributed by atoms with Gasteiger partial charge < -0.3 is 9.84 Å². The van der Waals surface area contributed by atoms with Crippen molar-refractivity contribution in [2.75, 3.05) is 4.90 Å². The van der Waals surface area contributed by atoms with Gasteiger partial charge in [0, 0.05) is 16.9 Å². The molecule has 0 unspecified atom stereocenters. The molecule has 1 saturated heterocycles. The number of thiophene rings is 1. The lowest BCUT2D eigenvalue weighted by Crippen LogP contribution is -2.28. The summed E-state index contributed by atoms with van der Waals surface area (Å²) < 4.78 is 6.73. The van der Waals surface area contributed by atoms with Crippen LogP contribution in [0.15, 0.2) is 53.4 Å². The number of Topliss-reactive ketones (excluding diaryl/α,β-unsaturated/α-hetero) is 1. The molecule has 4 heterocycles. The summed E-state index contributed by atoms with van der Waals surface area (Å²) >= 11 is 2.82. The highest BCUT2D eigenvalue weighted by molar-refractivity contribution is 7.22. The number of carbonyl (C=O) groups is 2. The molecule has 1 N–H and O–H groups in total. The fraction of sp³-hybridized carbons (Fsp3) is 0.222. The van der Waals surface area contributed by atoms with Gasteiger partial charge in [-0.1, -0.05) is 23.5 Å². The first-order valence-electron chi connectivity index (χ1n) is 11.3. The Balaban J connectivity index is 1.52. The van der Waals surface area contributed by atoms with Crippen LogP contribution in [0.25, 0.3) is 16.0 Å². The van der Waals surface area contributed by atoms with Crippen molar-refractivity contribution >= 4 is 55.5 Å². The molecule has 6 rings (SSSR count). The number of fused-ring (bicyclic) bond motifs is 2. The van der Waals surface area contributed by atoms with Crippen molar-refractivity contribution in [2.45, 2.75) is 39.3 Å². The Morgan fingerprint density at radius 2 is 2.00 bits per heavy atom. The summed E-state index contributed by atoms with van der Waals surface area (Å²) in [5.41, 5.74) is 4.49. The maximum Gasteiger partial charge on any atom is 0.301 e. The van der Waals surface area contributed by atoms with Crippen LogP contribution in [-0.2, 0) is 16.0 Å². The molecule has 1 amide bonds. The number of aliphatic hydroxyl groups is 1. The Kier molecular flexibility index (Phi) is 5.05. The molecule has 1 fully saturated rings. The number of hydrogen-bond donors (Lipinski definition) is 1. The fourth-order valence-corrected chi connectivity index (χ4v) is 6.92. The van der Waals surface area contributed by atoms with Crippen LogP contribution >= 0.6 is 22.7 Å².